The van der Waals surface area contributed by atoms with Gasteiger partial charge in [0.05, 0.1) is 5.54 Å². The normalized spacial score (nSPS) is 26.0. The second kappa shape index (κ2) is 5.63. The lowest BCUT2D eigenvalue weighted by atomic mass is 9.92. The van der Waals surface area contributed by atoms with Crippen molar-refractivity contribution in [2.24, 2.45) is 5.73 Å². The van der Waals surface area contributed by atoms with Crippen molar-refractivity contribution in [1.82, 2.24) is 20.4 Å². The van der Waals surface area contributed by atoms with Crippen LogP contribution in [0.15, 0.2) is 28.8 Å². The standard InChI is InChI=1S/C19H21N5O3/c20-18(8-3-4-9-18)15-21-14(27-23-15)11-24-16(25)19(22-17(24)26)10-7-12-5-1-2-6-13(12)19/h1-2,5-6H,3-4,7-11,20H2,(H,22,26). The van der Waals surface area contributed by atoms with Crippen LogP contribution >= 0.6 is 0 Å². The van der Waals surface area contributed by atoms with Gasteiger partial charge in [-0.15, -0.1) is 0 Å². The molecule has 2 heterocycles. The molecule has 140 valence electrons. The van der Waals surface area contributed by atoms with Crippen LogP contribution in [0.25, 0.3) is 0 Å². The first-order valence-corrected chi connectivity index (χ1v) is 9.36. The van der Waals surface area contributed by atoms with Gasteiger partial charge in [-0.3, -0.25) is 9.69 Å². The van der Waals surface area contributed by atoms with Crippen LogP contribution in [-0.2, 0) is 28.8 Å². The summed E-state index contributed by atoms with van der Waals surface area (Å²) in [5, 5.41) is 6.90. The van der Waals surface area contributed by atoms with E-state index in [0.717, 1.165) is 48.1 Å². The van der Waals surface area contributed by atoms with E-state index in [1.165, 1.54) is 0 Å². The third-order valence-electron chi connectivity index (χ3n) is 6.12. The Hall–Kier alpha value is -2.74. The summed E-state index contributed by atoms with van der Waals surface area (Å²) >= 11 is 0. The zero-order chi connectivity index (χ0) is 18.6. The molecule has 1 atom stereocenters. The Bertz CT molecular complexity index is 933. The molecule has 8 heteroatoms. The Balaban J connectivity index is 1.40. The van der Waals surface area contributed by atoms with Gasteiger partial charge in [0.1, 0.15) is 12.1 Å². The summed E-state index contributed by atoms with van der Waals surface area (Å²) < 4.78 is 5.31. The molecular weight excluding hydrogens is 346 g/mol. The number of aromatic nitrogens is 2. The molecule has 1 aliphatic heterocycles. The lowest BCUT2D eigenvalue weighted by molar-refractivity contribution is -0.132. The molecule has 0 radical (unpaired) electrons. The fraction of sp³-hybridized carbons (Fsp3) is 0.474. The van der Waals surface area contributed by atoms with Crippen molar-refractivity contribution in [3.8, 4) is 0 Å². The minimum Gasteiger partial charge on any atom is -0.337 e. The summed E-state index contributed by atoms with van der Waals surface area (Å²) in [6.45, 7) is -0.0440. The summed E-state index contributed by atoms with van der Waals surface area (Å²) in [6.07, 6.45) is 5.03. The van der Waals surface area contributed by atoms with E-state index in [9.17, 15) is 9.59 Å². The van der Waals surface area contributed by atoms with Crippen LogP contribution in [0.4, 0.5) is 4.79 Å². The number of fused-ring (bicyclic) bond motifs is 2. The van der Waals surface area contributed by atoms with E-state index < -0.39 is 17.1 Å². The second-order valence-corrected chi connectivity index (χ2v) is 7.76. The number of benzene rings is 1. The van der Waals surface area contributed by atoms with Crippen LogP contribution in [0.1, 0.15) is 54.9 Å². The van der Waals surface area contributed by atoms with Crippen LogP contribution in [0.3, 0.4) is 0 Å². The van der Waals surface area contributed by atoms with Gasteiger partial charge in [-0.1, -0.05) is 42.3 Å². The molecule has 3 amide bonds. The molecule has 27 heavy (non-hydrogen) atoms. The Kier molecular flexibility index (Phi) is 3.42. The fourth-order valence-electron chi connectivity index (χ4n) is 4.62. The van der Waals surface area contributed by atoms with Crippen molar-refractivity contribution in [3.05, 3.63) is 47.1 Å². The van der Waals surface area contributed by atoms with E-state index in [2.05, 4.69) is 15.5 Å². The average molecular weight is 367 g/mol. The molecule has 1 spiro atoms. The van der Waals surface area contributed by atoms with Crippen LogP contribution in [0.5, 0.6) is 0 Å². The maximum Gasteiger partial charge on any atom is 0.325 e. The molecule has 1 saturated carbocycles. The predicted octanol–water partition coefficient (Wildman–Crippen LogP) is 1.69. The van der Waals surface area contributed by atoms with Crippen LogP contribution < -0.4 is 11.1 Å². The lowest BCUT2D eigenvalue weighted by Gasteiger charge is -2.22. The number of hydrogen-bond donors (Lipinski definition) is 2. The fourth-order valence-corrected chi connectivity index (χ4v) is 4.62. The number of nitrogens with zero attached hydrogens (tertiary/aromatic N) is 3. The van der Waals surface area contributed by atoms with Gasteiger partial charge in [-0.2, -0.15) is 4.98 Å². The maximum atomic E-state index is 13.2. The first-order chi connectivity index (χ1) is 13.0. The van der Waals surface area contributed by atoms with E-state index in [0.29, 0.717) is 12.2 Å². The first kappa shape index (κ1) is 16.4. The minimum absolute atomic E-state index is 0.0440. The summed E-state index contributed by atoms with van der Waals surface area (Å²) in [4.78, 5) is 31.3. The highest BCUT2D eigenvalue weighted by molar-refractivity contribution is 6.07. The molecule has 0 bridgehead atoms. The number of nitrogens with two attached hydrogens (primary N) is 1. The number of carbonyl (C=O) groups is 2. The van der Waals surface area contributed by atoms with Crippen LogP contribution in [-0.4, -0.2) is 27.0 Å². The molecule has 1 saturated heterocycles. The van der Waals surface area contributed by atoms with Crippen LogP contribution in [0, 0.1) is 0 Å². The van der Waals surface area contributed by atoms with E-state index in [4.69, 9.17) is 10.3 Å². The molecule has 1 aromatic carbocycles. The molecule has 1 unspecified atom stereocenters. The summed E-state index contributed by atoms with van der Waals surface area (Å²) in [5.41, 5.74) is 6.79. The number of carbonyl (C=O) groups excluding carboxylic acids is 2. The predicted molar refractivity (Wildman–Crippen MR) is 94.2 cm³/mol. The van der Waals surface area contributed by atoms with Crippen LogP contribution in [0.2, 0.25) is 0 Å². The Morgan fingerprint density at radius 2 is 1.96 bits per heavy atom. The van der Waals surface area contributed by atoms with Gasteiger partial charge in [0, 0.05) is 0 Å². The molecular formula is C19H21N5O3. The molecule has 2 fully saturated rings. The Morgan fingerprint density at radius 1 is 1.19 bits per heavy atom. The third kappa shape index (κ3) is 2.32. The molecule has 5 rings (SSSR count). The quantitative estimate of drug-likeness (QED) is 0.798. The zero-order valence-electron chi connectivity index (χ0n) is 14.9. The van der Waals surface area contributed by atoms with Crippen molar-refractivity contribution < 1.29 is 14.1 Å². The number of urea groups is 1. The number of amides is 3. The summed E-state index contributed by atoms with van der Waals surface area (Å²) in [6, 6.07) is 7.31. The van der Waals surface area contributed by atoms with E-state index in [1.807, 2.05) is 24.3 Å². The highest BCUT2D eigenvalue weighted by Crippen LogP contribution is 2.41. The van der Waals surface area contributed by atoms with Crippen molar-refractivity contribution in [2.75, 3.05) is 0 Å². The van der Waals surface area contributed by atoms with Gasteiger partial charge in [0.2, 0.25) is 5.89 Å². The second-order valence-electron chi connectivity index (χ2n) is 7.76. The maximum absolute atomic E-state index is 13.2. The van der Waals surface area contributed by atoms with Crippen molar-refractivity contribution in [1.29, 1.82) is 0 Å². The molecule has 3 aliphatic rings. The summed E-state index contributed by atoms with van der Waals surface area (Å²) in [5.74, 6) is 0.428. The molecule has 2 aromatic rings. The highest BCUT2D eigenvalue weighted by Gasteiger charge is 2.55. The Morgan fingerprint density at radius 3 is 2.78 bits per heavy atom. The van der Waals surface area contributed by atoms with Crippen molar-refractivity contribution in [3.63, 3.8) is 0 Å². The zero-order valence-corrected chi connectivity index (χ0v) is 14.9. The smallest absolute Gasteiger partial charge is 0.325 e. The average Bonchev–Trinajstić information content (AvgIpc) is 3.42. The number of hydrogen-bond acceptors (Lipinski definition) is 6. The van der Waals surface area contributed by atoms with Gasteiger partial charge in [0.25, 0.3) is 5.91 Å². The summed E-state index contributed by atoms with van der Waals surface area (Å²) in [7, 11) is 0. The number of rotatable bonds is 3. The monoisotopic (exact) mass is 367 g/mol. The number of imide groups is 1. The minimum atomic E-state index is -0.975. The largest absolute Gasteiger partial charge is 0.337 e. The van der Waals surface area contributed by atoms with Gasteiger partial charge in [0.15, 0.2) is 5.82 Å². The SMILES string of the molecule is NC1(c2noc(CN3C(=O)NC4(CCc5ccccc54)C3=O)n2)CCCC1. The third-order valence-corrected chi connectivity index (χ3v) is 6.12. The first-order valence-electron chi connectivity index (χ1n) is 9.36. The highest BCUT2D eigenvalue weighted by atomic mass is 16.5. The number of nitrogens with one attached hydrogen (secondary N) is 1. The molecule has 3 N–H and O–H groups in total. The van der Waals surface area contributed by atoms with Gasteiger partial charge in [-0.05, 0) is 36.8 Å². The van der Waals surface area contributed by atoms with Gasteiger partial charge < -0.3 is 15.6 Å². The van der Waals surface area contributed by atoms with Gasteiger partial charge >= 0.3 is 6.03 Å². The lowest BCUT2D eigenvalue weighted by Crippen LogP contribution is -2.41. The molecule has 8 nitrogen and oxygen atoms in total. The number of aryl methyl sites for hydroxylation is 1. The van der Waals surface area contributed by atoms with E-state index in [1.54, 1.807) is 0 Å². The van der Waals surface area contributed by atoms with Crippen molar-refractivity contribution in [2.45, 2.75) is 56.1 Å². The molecule has 1 aromatic heterocycles. The van der Waals surface area contributed by atoms with E-state index in [-0.39, 0.29) is 18.3 Å². The van der Waals surface area contributed by atoms with Crippen molar-refractivity contribution >= 4 is 11.9 Å². The van der Waals surface area contributed by atoms with Gasteiger partial charge in [-0.25, -0.2) is 4.79 Å². The molecule has 2 aliphatic carbocycles. The topological polar surface area (TPSA) is 114 Å². The van der Waals surface area contributed by atoms with E-state index >= 15 is 0 Å². The Labute approximate surface area is 156 Å².